The van der Waals surface area contributed by atoms with Crippen molar-refractivity contribution in [2.75, 3.05) is 0 Å². The van der Waals surface area contributed by atoms with E-state index in [4.69, 9.17) is 5.73 Å². The average molecular weight is 229 g/mol. The van der Waals surface area contributed by atoms with Crippen molar-refractivity contribution in [3.63, 3.8) is 0 Å². The Morgan fingerprint density at radius 2 is 1.94 bits per heavy atom. The molecule has 0 amide bonds. The molecule has 1 saturated carbocycles. The van der Waals surface area contributed by atoms with Crippen LogP contribution in [0.25, 0.3) is 0 Å². The summed E-state index contributed by atoms with van der Waals surface area (Å²) in [5.74, 6) is 1.51. The molecule has 3 rings (SSSR count). The molecule has 0 radical (unpaired) electrons. The predicted octanol–water partition coefficient (Wildman–Crippen LogP) is 3.61. The zero-order chi connectivity index (χ0) is 11.8. The van der Waals surface area contributed by atoms with E-state index >= 15 is 0 Å². The van der Waals surface area contributed by atoms with Crippen LogP contribution >= 0.6 is 0 Å². The molecule has 0 spiro atoms. The smallest absolute Gasteiger partial charge is 0.0326 e. The standard InChI is InChI=1S/C16H23N/c1-11-4-2-7-15(11)16(17)14-9-8-12-5-3-6-13(12)10-14/h8-11,15-16H,2-7,17H2,1H3. The Morgan fingerprint density at radius 1 is 1.12 bits per heavy atom. The van der Waals surface area contributed by atoms with Crippen molar-refractivity contribution >= 4 is 0 Å². The van der Waals surface area contributed by atoms with Gasteiger partial charge in [-0.25, -0.2) is 0 Å². The molecule has 0 aromatic heterocycles. The third kappa shape index (κ3) is 2.01. The van der Waals surface area contributed by atoms with Crippen LogP contribution in [0.4, 0.5) is 0 Å². The maximum atomic E-state index is 6.48. The Kier molecular flexibility index (Phi) is 2.96. The summed E-state index contributed by atoms with van der Waals surface area (Å²) in [5, 5.41) is 0. The van der Waals surface area contributed by atoms with Gasteiger partial charge in [0.25, 0.3) is 0 Å². The van der Waals surface area contributed by atoms with Gasteiger partial charge in [0.1, 0.15) is 0 Å². The molecular weight excluding hydrogens is 206 g/mol. The molecule has 1 heteroatoms. The van der Waals surface area contributed by atoms with Crippen LogP contribution in [0.1, 0.15) is 55.3 Å². The fourth-order valence-electron chi connectivity index (χ4n) is 3.75. The van der Waals surface area contributed by atoms with Crippen molar-refractivity contribution in [2.24, 2.45) is 17.6 Å². The summed E-state index contributed by atoms with van der Waals surface area (Å²) >= 11 is 0. The fourth-order valence-corrected chi connectivity index (χ4v) is 3.75. The highest BCUT2D eigenvalue weighted by Crippen LogP contribution is 2.39. The van der Waals surface area contributed by atoms with Gasteiger partial charge in [0.2, 0.25) is 0 Å². The highest BCUT2D eigenvalue weighted by atomic mass is 14.7. The van der Waals surface area contributed by atoms with Crippen LogP contribution in [-0.4, -0.2) is 0 Å². The van der Waals surface area contributed by atoms with Crippen LogP contribution in [0.2, 0.25) is 0 Å². The third-order valence-electron chi connectivity index (χ3n) is 4.90. The lowest BCUT2D eigenvalue weighted by Crippen LogP contribution is -2.23. The molecule has 2 aliphatic carbocycles. The predicted molar refractivity (Wildman–Crippen MR) is 71.9 cm³/mol. The van der Waals surface area contributed by atoms with Crippen molar-refractivity contribution < 1.29 is 0 Å². The Morgan fingerprint density at radius 3 is 2.71 bits per heavy atom. The minimum absolute atomic E-state index is 0.262. The Bertz CT molecular complexity index is 410. The highest BCUT2D eigenvalue weighted by molar-refractivity contribution is 5.36. The molecule has 2 aliphatic rings. The minimum atomic E-state index is 0.262. The minimum Gasteiger partial charge on any atom is -0.324 e. The van der Waals surface area contributed by atoms with Gasteiger partial charge in [-0.2, -0.15) is 0 Å². The van der Waals surface area contributed by atoms with Crippen molar-refractivity contribution in [2.45, 2.75) is 51.5 Å². The first-order valence-corrected chi connectivity index (χ1v) is 7.13. The molecule has 92 valence electrons. The molecule has 1 nitrogen and oxygen atoms in total. The Hall–Kier alpha value is -0.820. The number of hydrogen-bond acceptors (Lipinski definition) is 1. The van der Waals surface area contributed by atoms with Crippen LogP contribution in [-0.2, 0) is 12.8 Å². The summed E-state index contributed by atoms with van der Waals surface area (Å²) in [5.41, 5.74) is 11.0. The van der Waals surface area contributed by atoms with Gasteiger partial charge in [0.15, 0.2) is 0 Å². The summed E-state index contributed by atoms with van der Waals surface area (Å²) in [4.78, 5) is 0. The molecule has 3 atom stereocenters. The molecule has 17 heavy (non-hydrogen) atoms. The summed E-state index contributed by atoms with van der Waals surface area (Å²) in [6.45, 7) is 2.37. The summed E-state index contributed by atoms with van der Waals surface area (Å²) in [7, 11) is 0. The van der Waals surface area contributed by atoms with Crippen LogP contribution in [0.3, 0.4) is 0 Å². The molecule has 0 heterocycles. The van der Waals surface area contributed by atoms with Gasteiger partial charge < -0.3 is 5.73 Å². The largest absolute Gasteiger partial charge is 0.324 e. The zero-order valence-electron chi connectivity index (χ0n) is 10.8. The average Bonchev–Trinajstić information content (AvgIpc) is 2.95. The second-order valence-electron chi connectivity index (χ2n) is 5.98. The Labute approximate surface area is 104 Å². The van der Waals surface area contributed by atoms with E-state index in [1.807, 2.05) is 0 Å². The van der Waals surface area contributed by atoms with Gasteiger partial charge in [0.05, 0.1) is 0 Å². The number of nitrogens with two attached hydrogens (primary N) is 1. The van der Waals surface area contributed by atoms with E-state index in [1.54, 1.807) is 11.1 Å². The Balaban J connectivity index is 1.83. The van der Waals surface area contributed by atoms with Gasteiger partial charge in [-0.05, 0) is 54.2 Å². The van der Waals surface area contributed by atoms with Crippen LogP contribution in [0.15, 0.2) is 18.2 Å². The summed E-state index contributed by atoms with van der Waals surface area (Å²) < 4.78 is 0. The quantitative estimate of drug-likeness (QED) is 0.823. The zero-order valence-corrected chi connectivity index (χ0v) is 10.8. The first-order valence-electron chi connectivity index (χ1n) is 7.13. The van der Waals surface area contributed by atoms with Crippen LogP contribution in [0, 0.1) is 11.8 Å². The van der Waals surface area contributed by atoms with Gasteiger partial charge >= 0.3 is 0 Å². The lowest BCUT2D eigenvalue weighted by Gasteiger charge is -2.24. The molecule has 1 aromatic rings. The van der Waals surface area contributed by atoms with Gasteiger partial charge in [-0.3, -0.25) is 0 Å². The molecule has 1 fully saturated rings. The fraction of sp³-hybridized carbons (Fsp3) is 0.625. The van der Waals surface area contributed by atoms with E-state index in [0.717, 1.165) is 5.92 Å². The van der Waals surface area contributed by atoms with Crippen molar-refractivity contribution in [3.8, 4) is 0 Å². The third-order valence-corrected chi connectivity index (χ3v) is 4.90. The van der Waals surface area contributed by atoms with Gasteiger partial charge in [-0.1, -0.05) is 38.0 Å². The van der Waals surface area contributed by atoms with E-state index < -0.39 is 0 Å². The number of fused-ring (bicyclic) bond motifs is 1. The maximum Gasteiger partial charge on any atom is 0.0326 e. The first-order chi connectivity index (χ1) is 8.25. The topological polar surface area (TPSA) is 26.0 Å². The van der Waals surface area contributed by atoms with Crippen molar-refractivity contribution in [3.05, 3.63) is 34.9 Å². The van der Waals surface area contributed by atoms with Crippen molar-refractivity contribution in [1.82, 2.24) is 0 Å². The highest BCUT2D eigenvalue weighted by Gasteiger charge is 2.29. The van der Waals surface area contributed by atoms with E-state index in [-0.39, 0.29) is 6.04 Å². The molecule has 3 unspecified atom stereocenters. The van der Waals surface area contributed by atoms with Crippen LogP contribution < -0.4 is 5.73 Å². The molecule has 0 saturated heterocycles. The first kappa shape index (κ1) is 11.3. The van der Waals surface area contributed by atoms with E-state index in [0.29, 0.717) is 5.92 Å². The monoisotopic (exact) mass is 229 g/mol. The number of hydrogen-bond donors (Lipinski definition) is 1. The maximum absolute atomic E-state index is 6.48. The normalized spacial score (nSPS) is 29.3. The van der Waals surface area contributed by atoms with E-state index in [2.05, 4.69) is 25.1 Å². The number of aryl methyl sites for hydroxylation is 2. The summed E-state index contributed by atoms with van der Waals surface area (Å²) in [6, 6.07) is 7.24. The molecular formula is C16H23N. The second-order valence-corrected chi connectivity index (χ2v) is 5.98. The van der Waals surface area contributed by atoms with E-state index in [9.17, 15) is 0 Å². The second kappa shape index (κ2) is 4.45. The number of rotatable bonds is 2. The van der Waals surface area contributed by atoms with Crippen LogP contribution in [0.5, 0.6) is 0 Å². The lowest BCUT2D eigenvalue weighted by atomic mass is 9.86. The molecule has 2 N–H and O–H groups in total. The SMILES string of the molecule is CC1CCCC1C(N)c1ccc2c(c1)CCC2. The number of benzene rings is 1. The van der Waals surface area contributed by atoms with Gasteiger partial charge in [-0.15, -0.1) is 0 Å². The van der Waals surface area contributed by atoms with Gasteiger partial charge in [0, 0.05) is 6.04 Å². The molecule has 1 aromatic carbocycles. The van der Waals surface area contributed by atoms with Crippen molar-refractivity contribution in [1.29, 1.82) is 0 Å². The molecule has 0 aliphatic heterocycles. The summed E-state index contributed by atoms with van der Waals surface area (Å²) in [6.07, 6.45) is 7.90. The molecule has 0 bridgehead atoms. The lowest BCUT2D eigenvalue weighted by molar-refractivity contribution is 0.351. The van der Waals surface area contributed by atoms with E-state index in [1.165, 1.54) is 44.1 Å².